The van der Waals surface area contributed by atoms with E-state index in [1.54, 1.807) is 11.8 Å². The van der Waals surface area contributed by atoms with E-state index in [1.807, 2.05) is 61.7 Å². The van der Waals surface area contributed by atoms with E-state index in [-0.39, 0.29) is 5.56 Å². The van der Waals surface area contributed by atoms with Gasteiger partial charge in [0.1, 0.15) is 5.75 Å². The van der Waals surface area contributed by atoms with Crippen LogP contribution in [0.3, 0.4) is 0 Å². The molecule has 0 amide bonds. The molecule has 0 unspecified atom stereocenters. The molecule has 2 aromatic carbocycles. The second-order valence-corrected chi connectivity index (χ2v) is 4.92. The van der Waals surface area contributed by atoms with Crippen LogP contribution in [0.15, 0.2) is 59.5 Å². The maximum atomic E-state index is 12.1. The third-order valence-corrected chi connectivity index (χ3v) is 3.44. The number of H-pyrrole nitrogens is 1. The smallest absolute Gasteiger partial charge is 0.272 e. The number of benzene rings is 2. The minimum Gasteiger partial charge on any atom is -0.497 e. The lowest BCUT2D eigenvalue weighted by atomic mass is 10.1. The van der Waals surface area contributed by atoms with E-state index in [2.05, 4.69) is 5.10 Å². The number of hydrogen-bond donors (Lipinski definition) is 1. The van der Waals surface area contributed by atoms with Gasteiger partial charge in [0.25, 0.3) is 5.56 Å². The van der Waals surface area contributed by atoms with Crippen molar-refractivity contribution in [3.05, 3.63) is 70.6 Å². The fourth-order valence-corrected chi connectivity index (χ4v) is 2.21. The van der Waals surface area contributed by atoms with E-state index in [0.717, 1.165) is 17.0 Å². The normalized spacial score (nSPS) is 10.6. The van der Waals surface area contributed by atoms with Crippen molar-refractivity contribution in [2.45, 2.75) is 6.92 Å². The average Bonchev–Trinajstić information content (AvgIpc) is 2.90. The second kappa shape index (κ2) is 5.32. The maximum absolute atomic E-state index is 12.1. The predicted molar refractivity (Wildman–Crippen MR) is 83.1 cm³/mol. The van der Waals surface area contributed by atoms with Gasteiger partial charge in [-0.15, -0.1) is 0 Å². The highest BCUT2D eigenvalue weighted by atomic mass is 16.5. The molecule has 0 fully saturated rings. The molecule has 3 aromatic rings. The van der Waals surface area contributed by atoms with Crippen molar-refractivity contribution >= 4 is 0 Å². The summed E-state index contributed by atoms with van der Waals surface area (Å²) in [6.45, 7) is 2.02. The van der Waals surface area contributed by atoms with Crippen molar-refractivity contribution in [1.29, 1.82) is 0 Å². The molecule has 0 radical (unpaired) electrons. The molecule has 0 aliphatic heterocycles. The maximum Gasteiger partial charge on any atom is 0.272 e. The summed E-state index contributed by atoms with van der Waals surface area (Å²) in [6, 6.07) is 15.4. The zero-order chi connectivity index (χ0) is 14.8. The zero-order valence-corrected chi connectivity index (χ0v) is 12.0. The van der Waals surface area contributed by atoms with Gasteiger partial charge in [0.15, 0.2) is 0 Å². The summed E-state index contributed by atoms with van der Waals surface area (Å²) in [5.74, 6) is 0.784. The van der Waals surface area contributed by atoms with Gasteiger partial charge in [-0.2, -0.15) is 0 Å². The zero-order valence-electron chi connectivity index (χ0n) is 12.0. The SMILES string of the molecule is COc1ccc(-n2cc(-c3ccc(C)cc3)c(=O)[nH]2)cc1. The van der Waals surface area contributed by atoms with Crippen LogP contribution in [0.25, 0.3) is 16.8 Å². The summed E-state index contributed by atoms with van der Waals surface area (Å²) in [5, 5.41) is 2.83. The number of rotatable bonds is 3. The minimum absolute atomic E-state index is 0.102. The van der Waals surface area contributed by atoms with E-state index in [9.17, 15) is 4.79 Å². The first-order chi connectivity index (χ1) is 10.2. The Bertz CT molecular complexity index is 796. The first kappa shape index (κ1) is 13.2. The minimum atomic E-state index is -0.102. The van der Waals surface area contributed by atoms with Crippen LogP contribution in [0.2, 0.25) is 0 Å². The molecule has 0 bridgehead atoms. The van der Waals surface area contributed by atoms with Gasteiger partial charge in [-0.1, -0.05) is 29.8 Å². The van der Waals surface area contributed by atoms with Crippen molar-refractivity contribution in [3.8, 4) is 22.6 Å². The summed E-state index contributed by atoms with van der Waals surface area (Å²) in [5.41, 5.74) is 3.52. The number of nitrogens with zero attached hydrogens (tertiary/aromatic N) is 1. The Balaban J connectivity index is 2.00. The standard InChI is InChI=1S/C17H16N2O2/c1-12-3-5-13(6-4-12)16-11-19(18-17(16)20)14-7-9-15(21-2)10-8-14/h3-11H,1-2H3,(H,18,20). The summed E-state index contributed by atoms with van der Waals surface area (Å²) in [6.07, 6.45) is 1.81. The Hall–Kier alpha value is -2.75. The van der Waals surface area contributed by atoms with Crippen LogP contribution in [0.5, 0.6) is 5.75 Å². The second-order valence-electron chi connectivity index (χ2n) is 4.92. The van der Waals surface area contributed by atoms with Crippen molar-refractivity contribution in [2.24, 2.45) is 0 Å². The predicted octanol–water partition coefficient (Wildman–Crippen LogP) is 3.15. The average molecular weight is 280 g/mol. The lowest BCUT2D eigenvalue weighted by Gasteiger charge is -2.03. The number of aromatic nitrogens is 2. The highest BCUT2D eigenvalue weighted by Gasteiger charge is 2.08. The van der Waals surface area contributed by atoms with Crippen LogP contribution in [-0.2, 0) is 0 Å². The van der Waals surface area contributed by atoms with Gasteiger partial charge in [-0.05, 0) is 36.8 Å². The Labute approximate surface area is 122 Å². The highest BCUT2D eigenvalue weighted by molar-refractivity contribution is 5.62. The van der Waals surface area contributed by atoms with Gasteiger partial charge >= 0.3 is 0 Å². The Morgan fingerprint density at radius 2 is 1.67 bits per heavy atom. The molecular formula is C17H16N2O2. The topological polar surface area (TPSA) is 47.0 Å². The fourth-order valence-electron chi connectivity index (χ4n) is 2.21. The van der Waals surface area contributed by atoms with Crippen molar-refractivity contribution < 1.29 is 4.74 Å². The van der Waals surface area contributed by atoms with Crippen molar-refractivity contribution in [3.63, 3.8) is 0 Å². The molecule has 1 aromatic heterocycles. The summed E-state index contributed by atoms with van der Waals surface area (Å²) in [4.78, 5) is 12.1. The number of methoxy groups -OCH3 is 1. The molecule has 1 N–H and O–H groups in total. The van der Waals surface area contributed by atoms with Gasteiger partial charge in [0, 0.05) is 6.20 Å². The van der Waals surface area contributed by atoms with Gasteiger partial charge in [0.05, 0.1) is 18.4 Å². The quantitative estimate of drug-likeness (QED) is 0.801. The third kappa shape index (κ3) is 2.60. The Morgan fingerprint density at radius 3 is 2.29 bits per heavy atom. The molecule has 0 saturated heterocycles. The number of ether oxygens (including phenoxy) is 1. The Morgan fingerprint density at radius 1 is 1.00 bits per heavy atom. The fraction of sp³-hybridized carbons (Fsp3) is 0.118. The third-order valence-electron chi connectivity index (χ3n) is 3.44. The van der Waals surface area contributed by atoms with Crippen molar-refractivity contribution in [2.75, 3.05) is 7.11 Å². The molecule has 3 rings (SSSR count). The van der Waals surface area contributed by atoms with E-state index < -0.39 is 0 Å². The van der Waals surface area contributed by atoms with E-state index in [0.29, 0.717) is 5.56 Å². The molecule has 21 heavy (non-hydrogen) atoms. The van der Waals surface area contributed by atoms with E-state index in [4.69, 9.17) is 4.74 Å². The Kier molecular flexibility index (Phi) is 3.36. The van der Waals surface area contributed by atoms with Crippen LogP contribution >= 0.6 is 0 Å². The molecule has 4 nitrogen and oxygen atoms in total. The first-order valence-corrected chi connectivity index (χ1v) is 6.70. The molecule has 0 aliphatic rings. The lowest BCUT2D eigenvalue weighted by molar-refractivity contribution is 0.414. The number of hydrogen-bond acceptors (Lipinski definition) is 2. The van der Waals surface area contributed by atoms with Crippen LogP contribution in [0.4, 0.5) is 0 Å². The summed E-state index contributed by atoms with van der Waals surface area (Å²) < 4.78 is 6.85. The molecule has 0 aliphatic carbocycles. The van der Waals surface area contributed by atoms with Gasteiger partial charge in [-0.25, -0.2) is 0 Å². The highest BCUT2D eigenvalue weighted by Crippen LogP contribution is 2.18. The first-order valence-electron chi connectivity index (χ1n) is 6.70. The number of aryl methyl sites for hydroxylation is 1. The van der Waals surface area contributed by atoms with Gasteiger partial charge in [-0.3, -0.25) is 14.6 Å². The molecular weight excluding hydrogens is 264 g/mol. The van der Waals surface area contributed by atoms with Crippen molar-refractivity contribution in [1.82, 2.24) is 9.78 Å². The summed E-state index contributed by atoms with van der Waals surface area (Å²) in [7, 11) is 1.63. The molecule has 1 heterocycles. The largest absolute Gasteiger partial charge is 0.497 e. The van der Waals surface area contributed by atoms with Crippen LogP contribution in [-0.4, -0.2) is 16.9 Å². The molecule has 0 atom stereocenters. The molecule has 0 saturated carbocycles. The van der Waals surface area contributed by atoms with E-state index in [1.165, 1.54) is 5.56 Å². The van der Waals surface area contributed by atoms with Gasteiger partial charge < -0.3 is 4.74 Å². The van der Waals surface area contributed by atoms with Crippen LogP contribution < -0.4 is 10.3 Å². The lowest BCUT2D eigenvalue weighted by Crippen LogP contribution is -2.05. The van der Waals surface area contributed by atoms with Crippen LogP contribution in [0.1, 0.15) is 5.56 Å². The number of nitrogens with one attached hydrogen (secondary N) is 1. The summed E-state index contributed by atoms with van der Waals surface area (Å²) >= 11 is 0. The molecule has 4 heteroatoms. The number of aromatic amines is 1. The van der Waals surface area contributed by atoms with Gasteiger partial charge in [0.2, 0.25) is 0 Å². The monoisotopic (exact) mass is 280 g/mol. The molecule has 0 spiro atoms. The van der Waals surface area contributed by atoms with E-state index >= 15 is 0 Å². The molecule has 106 valence electrons. The van der Waals surface area contributed by atoms with Crippen LogP contribution in [0, 0.1) is 6.92 Å².